The van der Waals surface area contributed by atoms with Crippen LogP contribution in [-0.4, -0.2) is 55.4 Å². The van der Waals surface area contributed by atoms with Crippen molar-refractivity contribution in [2.45, 2.75) is 18.7 Å². The molecule has 2 atom stereocenters. The van der Waals surface area contributed by atoms with Gasteiger partial charge in [-0.05, 0) is 24.6 Å². The number of piperidine rings is 1. The minimum atomic E-state index is -4.47. The van der Waals surface area contributed by atoms with Gasteiger partial charge in [0.15, 0.2) is 5.82 Å². The normalized spacial score (nSPS) is 20.7. The van der Waals surface area contributed by atoms with Gasteiger partial charge in [0, 0.05) is 31.4 Å². The molecule has 3 aromatic rings. The maximum Gasteiger partial charge on any atom is 0.417 e. The first-order chi connectivity index (χ1) is 13.4. The number of hydrogen-bond donors (Lipinski definition) is 2. The molecule has 1 unspecified atom stereocenters. The highest BCUT2D eigenvalue weighted by Gasteiger charge is 2.31. The van der Waals surface area contributed by atoms with Crippen LogP contribution in [0.5, 0.6) is 0 Å². The van der Waals surface area contributed by atoms with Gasteiger partial charge in [-0.15, -0.1) is 0 Å². The molecule has 1 saturated heterocycles. The number of fused-ring (bicyclic) bond motifs is 1. The lowest BCUT2D eigenvalue weighted by Gasteiger charge is -2.36. The quantitative estimate of drug-likeness (QED) is 0.708. The first kappa shape index (κ1) is 18.6. The van der Waals surface area contributed by atoms with Crippen molar-refractivity contribution in [3.8, 4) is 11.5 Å². The summed E-state index contributed by atoms with van der Waals surface area (Å²) in [4.78, 5) is 14.7. The summed E-state index contributed by atoms with van der Waals surface area (Å²) in [6.45, 7) is 0.849. The van der Waals surface area contributed by atoms with E-state index in [0.717, 1.165) is 12.3 Å². The highest BCUT2D eigenvalue weighted by Crippen LogP contribution is 2.30. The number of pyridine rings is 1. The summed E-state index contributed by atoms with van der Waals surface area (Å²) in [7, 11) is 0. The van der Waals surface area contributed by atoms with E-state index in [0.29, 0.717) is 36.7 Å². The van der Waals surface area contributed by atoms with Gasteiger partial charge in [-0.25, -0.2) is 15.0 Å². The Hall–Kier alpha value is -2.72. The third kappa shape index (κ3) is 3.40. The molecular formula is C18H18F3N5O2. The van der Waals surface area contributed by atoms with Crippen LogP contribution in [0.15, 0.2) is 36.8 Å². The lowest BCUT2D eigenvalue weighted by molar-refractivity contribution is -0.137. The first-order valence-electron chi connectivity index (χ1n) is 8.78. The van der Waals surface area contributed by atoms with Crippen LogP contribution in [0.4, 0.5) is 19.0 Å². The molecule has 0 saturated carbocycles. The summed E-state index contributed by atoms with van der Waals surface area (Å²) in [6, 6.07) is 3.98. The maximum absolute atomic E-state index is 13.1. The Morgan fingerprint density at radius 1 is 1.18 bits per heavy atom. The molecule has 4 heterocycles. The summed E-state index contributed by atoms with van der Waals surface area (Å²) in [5.41, 5.74) is -0.0802. The van der Waals surface area contributed by atoms with E-state index in [-0.39, 0.29) is 18.3 Å². The molecule has 7 nitrogen and oxygen atoms in total. The third-order valence-electron chi connectivity index (χ3n) is 4.96. The van der Waals surface area contributed by atoms with Crippen LogP contribution in [-0.2, 0) is 6.18 Å². The number of hydrogen-bond acceptors (Lipinski definition) is 6. The van der Waals surface area contributed by atoms with Gasteiger partial charge < -0.3 is 15.1 Å². The zero-order valence-electron chi connectivity index (χ0n) is 14.7. The van der Waals surface area contributed by atoms with E-state index >= 15 is 0 Å². The molecule has 4 rings (SSSR count). The summed E-state index contributed by atoms with van der Waals surface area (Å²) < 4.78 is 40.5. The van der Waals surface area contributed by atoms with Crippen molar-refractivity contribution < 1.29 is 23.4 Å². The molecule has 0 amide bonds. The molecule has 10 heteroatoms. The Morgan fingerprint density at radius 2 is 2.00 bits per heavy atom. The second kappa shape index (κ2) is 7.02. The summed E-state index contributed by atoms with van der Waals surface area (Å²) in [5.74, 6) is 0.547. The van der Waals surface area contributed by atoms with Crippen LogP contribution in [0.2, 0.25) is 0 Å². The molecule has 3 aromatic heterocycles. The Labute approximate surface area is 158 Å². The third-order valence-corrected chi connectivity index (χ3v) is 4.96. The fourth-order valence-electron chi connectivity index (χ4n) is 3.37. The van der Waals surface area contributed by atoms with Gasteiger partial charge in [0.05, 0.1) is 24.5 Å². The molecule has 0 radical (unpaired) electrons. The van der Waals surface area contributed by atoms with E-state index in [1.165, 1.54) is 22.9 Å². The molecule has 0 spiro atoms. The van der Waals surface area contributed by atoms with Gasteiger partial charge in [0.25, 0.3) is 0 Å². The zero-order chi connectivity index (χ0) is 19.9. The highest BCUT2D eigenvalue weighted by atomic mass is 19.4. The Morgan fingerprint density at radius 3 is 2.75 bits per heavy atom. The predicted molar refractivity (Wildman–Crippen MR) is 94.6 cm³/mol. The largest absolute Gasteiger partial charge is 0.417 e. The van der Waals surface area contributed by atoms with Crippen LogP contribution in [0.25, 0.3) is 17.2 Å². The van der Waals surface area contributed by atoms with Crippen LogP contribution >= 0.6 is 0 Å². The molecule has 1 aliphatic rings. The molecule has 28 heavy (non-hydrogen) atoms. The molecule has 1 fully saturated rings. The van der Waals surface area contributed by atoms with Crippen LogP contribution in [0.1, 0.15) is 12.0 Å². The van der Waals surface area contributed by atoms with E-state index in [1.54, 1.807) is 6.07 Å². The summed E-state index contributed by atoms with van der Waals surface area (Å²) >= 11 is 0. The predicted octanol–water partition coefficient (Wildman–Crippen LogP) is 1.99. The number of aromatic nitrogens is 4. The minimum Gasteiger partial charge on any atom is -0.396 e. The van der Waals surface area contributed by atoms with Crippen molar-refractivity contribution in [1.82, 2.24) is 19.4 Å². The van der Waals surface area contributed by atoms with Gasteiger partial charge in [0.2, 0.25) is 0 Å². The lowest BCUT2D eigenvalue weighted by atomic mass is 9.95. The molecule has 148 valence electrons. The Kier molecular flexibility index (Phi) is 4.68. The zero-order valence-corrected chi connectivity index (χ0v) is 14.7. The number of nitrogens with zero attached hydrogens (tertiary/aromatic N) is 5. The molecule has 0 bridgehead atoms. The molecule has 0 aliphatic carbocycles. The number of imidazole rings is 1. The minimum absolute atomic E-state index is 0.136. The van der Waals surface area contributed by atoms with Crippen molar-refractivity contribution in [3.05, 3.63) is 42.4 Å². The highest BCUT2D eigenvalue weighted by molar-refractivity contribution is 5.59. The Balaban J connectivity index is 1.70. The standard InChI is InChI=1S/C18H18F3N5O2/c19-18(20,21)12-1-2-15-23-7-13(26(15)9-12)17-22-5-3-16(24-17)25-6-4-14(28)11(8-25)10-27/h1-3,5,7,9,11,14,27-28H,4,6,8,10H2/t11?,14-/m1/s1. The van der Waals surface area contributed by atoms with Gasteiger partial charge >= 0.3 is 6.18 Å². The average molecular weight is 393 g/mol. The van der Waals surface area contributed by atoms with Crippen molar-refractivity contribution in [2.75, 3.05) is 24.6 Å². The number of rotatable bonds is 3. The van der Waals surface area contributed by atoms with Crippen LogP contribution < -0.4 is 4.90 Å². The second-order valence-corrected chi connectivity index (χ2v) is 6.77. The Bertz CT molecular complexity index is 991. The monoisotopic (exact) mass is 393 g/mol. The molecule has 0 aromatic carbocycles. The number of anilines is 1. The molecule has 1 aliphatic heterocycles. The van der Waals surface area contributed by atoms with Crippen LogP contribution in [0.3, 0.4) is 0 Å². The van der Waals surface area contributed by atoms with Gasteiger partial charge in [-0.1, -0.05) is 0 Å². The van der Waals surface area contributed by atoms with Crippen molar-refractivity contribution >= 4 is 11.5 Å². The SMILES string of the molecule is OCC1CN(c2ccnc(-c3cnc4ccc(C(F)(F)F)cn34)n2)CC[C@H]1O. The van der Waals surface area contributed by atoms with Crippen molar-refractivity contribution in [3.63, 3.8) is 0 Å². The van der Waals surface area contributed by atoms with E-state index in [9.17, 15) is 23.4 Å². The molecule has 2 N–H and O–H groups in total. The van der Waals surface area contributed by atoms with Crippen molar-refractivity contribution in [1.29, 1.82) is 0 Å². The second-order valence-electron chi connectivity index (χ2n) is 6.77. The number of alkyl halides is 3. The fraction of sp³-hybridized carbons (Fsp3) is 0.389. The van der Waals surface area contributed by atoms with Gasteiger partial charge in [-0.2, -0.15) is 13.2 Å². The smallest absolute Gasteiger partial charge is 0.396 e. The summed E-state index contributed by atoms with van der Waals surface area (Å²) in [5, 5.41) is 19.3. The first-order valence-corrected chi connectivity index (χ1v) is 8.78. The average Bonchev–Trinajstić information content (AvgIpc) is 3.11. The number of aliphatic hydroxyl groups is 2. The summed E-state index contributed by atoms with van der Waals surface area (Å²) in [6.07, 6.45) is -0.592. The van der Waals surface area contributed by atoms with Crippen molar-refractivity contribution in [2.24, 2.45) is 5.92 Å². The number of halogens is 3. The number of aliphatic hydroxyl groups excluding tert-OH is 2. The molecular weight excluding hydrogens is 375 g/mol. The topological polar surface area (TPSA) is 86.8 Å². The van der Waals surface area contributed by atoms with E-state index < -0.39 is 17.8 Å². The van der Waals surface area contributed by atoms with E-state index in [2.05, 4.69) is 15.0 Å². The van der Waals surface area contributed by atoms with E-state index in [4.69, 9.17) is 0 Å². The lowest BCUT2D eigenvalue weighted by Crippen LogP contribution is -2.45. The maximum atomic E-state index is 13.1. The van der Waals surface area contributed by atoms with Gasteiger partial charge in [0.1, 0.15) is 17.2 Å². The van der Waals surface area contributed by atoms with E-state index in [1.807, 2.05) is 4.90 Å². The van der Waals surface area contributed by atoms with Gasteiger partial charge in [-0.3, -0.25) is 4.40 Å². The fourth-order valence-corrected chi connectivity index (χ4v) is 3.37. The van der Waals surface area contributed by atoms with Crippen LogP contribution in [0, 0.1) is 5.92 Å².